The van der Waals surface area contributed by atoms with Crippen molar-refractivity contribution in [3.63, 3.8) is 0 Å². The van der Waals surface area contributed by atoms with Crippen LogP contribution in [0.2, 0.25) is 0 Å². The summed E-state index contributed by atoms with van der Waals surface area (Å²) in [4.78, 5) is 11.1. The van der Waals surface area contributed by atoms with Gasteiger partial charge in [0.15, 0.2) is 5.79 Å². The minimum Gasteiger partial charge on any atom is -1.00 e. The van der Waals surface area contributed by atoms with Gasteiger partial charge < -0.3 is 20.7 Å². The first-order valence-corrected chi connectivity index (χ1v) is 11.2. The van der Waals surface area contributed by atoms with Crippen molar-refractivity contribution >= 4 is 11.5 Å². The zero-order chi connectivity index (χ0) is 22.4. The SMILES string of the molecule is CC=C[C@H](CC(=O)O)c1ccc(OCc2cccc(C3=CCC4(CC3)OCCO4)c2)cc1.[H-].[Na+]. The molecule has 2 aromatic rings. The second-order valence-corrected chi connectivity index (χ2v) is 8.33. The van der Waals surface area contributed by atoms with E-state index >= 15 is 0 Å². The molecule has 0 aromatic heterocycles. The molecule has 1 N–H and O–H groups in total. The number of allylic oxidation sites excluding steroid dienone is 3. The second-order valence-electron chi connectivity index (χ2n) is 8.33. The summed E-state index contributed by atoms with van der Waals surface area (Å²) >= 11 is 0. The van der Waals surface area contributed by atoms with E-state index in [0.29, 0.717) is 19.8 Å². The predicted molar refractivity (Wildman–Crippen MR) is 125 cm³/mol. The monoisotopic (exact) mass is 458 g/mol. The van der Waals surface area contributed by atoms with Gasteiger partial charge in [-0.3, -0.25) is 4.79 Å². The molecule has 1 saturated heterocycles. The zero-order valence-electron chi connectivity index (χ0n) is 20.5. The van der Waals surface area contributed by atoms with E-state index in [0.717, 1.165) is 36.1 Å². The van der Waals surface area contributed by atoms with Gasteiger partial charge in [0, 0.05) is 18.8 Å². The van der Waals surface area contributed by atoms with Crippen LogP contribution in [0.15, 0.2) is 66.8 Å². The summed E-state index contributed by atoms with van der Waals surface area (Å²) in [6.07, 6.45) is 8.75. The van der Waals surface area contributed by atoms with Gasteiger partial charge in [-0.05, 0) is 53.8 Å². The number of ether oxygens (including phenoxy) is 3. The number of rotatable bonds is 8. The van der Waals surface area contributed by atoms with E-state index in [1.165, 1.54) is 11.1 Å². The van der Waals surface area contributed by atoms with Crippen molar-refractivity contribution in [1.82, 2.24) is 0 Å². The largest absolute Gasteiger partial charge is 1.00 e. The molecule has 33 heavy (non-hydrogen) atoms. The Morgan fingerprint density at radius 3 is 2.61 bits per heavy atom. The van der Waals surface area contributed by atoms with E-state index in [2.05, 4.69) is 30.3 Å². The van der Waals surface area contributed by atoms with Crippen LogP contribution in [-0.4, -0.2) is 30.1 Å². The van der Waals surface area contributed by atoms with E-state index in [9.17, 15) is 4.79 Å². The van der Waals surface area contributed by atoms with Gasteiger partial charge in [-0.25, -0.2) is 0 Å². The van der Waals surface area contributed by atoms with E-state index in [1.54, 1.807) is 0 Å². The van der Waals surface area contributed by atoms with Gasteiger partial charge in [0.2, 0.25) is 0 Å². The Balaban J connectivity index is 0.00000204. The fourth-order valence-corrected chi connectivity index (χ4v) is 4.39. The molecular weight excluding hydrogens is 427 g/mol. The van der Waals surface area contributed by atoms with Crippen molar-refractivity contribution in [2.45, 2.75) is 50.9 Å². The summed E-state index contributed by atoms with van der Waals surface area (Å²) in [5.41, 5.74) is 4.63. The smallest absolute Gasteiger partial charge is 1.00 e. The van der Waals surface area contributed by atoms with Crippen LogP contribution in [-0.2, 0) is 20.9 Å². The summed E-state index contributed by atoms with van der Waals surface area (Å²) in [6.45, 7) is 3.75. The van der Waals surface area contributed by atoms with Crippen LogP contribution in [0.1, 0.15) is 56.6 Å². The molecule has 6 heteroatoms. The average molecular weight is 459 g/mol. The molecule has 0 amide bonds. The van der Waals surface area contributed by atoms with Crippen LogP contribution in [0.25, 0.3) is 5.57 Å². The molecular formula is C27H31NaO5. The van der Waals surface area contributed by atoms with Gasteiger partial charge in [0.25, 0.3) is 0 Å². The molecule has 170 valence electrons. The van der Waals surface area contributed by atoms with Crippen LogP contribution in [0.3, 0.4) is 0 Å². The Bertz CT molecular complexity index is 996. The maximum Gasteiger partial charge on any atom is 1.00 e. The van der Waals surface area contributed by atoms with E-state index in [1.807, 2.05) is 43.3 Å². The molecule has 0 saturated carbocycles. The number of aliphatic carboxylic acids is 1. The second kappa shape index (κ2) is 12.0. The minimum absolute atomic E-state index is 0. The molecule has 1 atom stereocenters. The Labute approximate surface area is 219 Å². The normalized spacial score (nSPS) is 18.0. The van der Waals surface area contributed by atoms with Crippen molar-refractivity contribution in [1.29, 1.82) is 0 Å². The molecule has 1 fully saturated rings. The third-order valence-electron chi connectivity index (χ3n) is 6.08. The van der Waals surface area contributed by atoms with Crippen LogP contribution in [0.5, 0.6) is 5.75 Å². The Hall–Kier alpha value is -1.89. The van der Waals surface area contributed by atoms with Gasteiger partial charge >= 0.3 is 35.5 Å². The summed E-state index contributed by atoms with van der Waals surface area (Å²) < 4.78 is 17.6. The quantitative estimate of drug-likeness (QED) is 0.487. The first kappa shape index (κ1) is 25.7. The van der Waals surface area contributed by atoms with Crippen molar-refractivity contribution in [3.8, 4) is 5.75 Å². The Morgan fingerprint density at radius 2 is 1.97 bits per heavy atom. The van der Waals surface area contributed by atoms with Gasteiger partial charge in [-0.1, -0.05) is 48.6 Å². The van der Waals surface area contributed by atoms with E-state index in [-0.39, 0.29) is 43.3 Å². The summed E-state index contributed by atoms with van der Waals surface area (Å²) in [5.74, 6) is -0.568. The van der Waals surface area contributed by atoms with Gasteiger partial charge in [0.05, 0.1) is 19.6 Å². The molecule has 2 aliphatic rings. The van der Waals surface area contributed by atoms with Crippen molar-refractivity contribution < 1.29 is 55.1 Å². The average Bonchev–Trinajstić information content (AvgIpc) is 3.26. The Kier molecular flexibility index (Phi) is 9.36. The predicted octanol–water partition coefficient (Wildman–Crippen LogP) is 2.83. The van der Waals surface area contributed by atoms with Crippen LogP contribution in [0.4, 0.5) is 0 Å². The third-order valence-corrected chi connectivity index (χ3v) is 6.08. The van der Waals surface area contributed by atoms with Gasteiger partial charge in [0.1, 0.15) is 12.4 Å². The maximum absolute atomic E-state index is 11.1. The molecule has 1 heterocycles. The molecule has 2 aromatic carbocycles. The number of benzene rings is 2. The summed E-state index contributed by atoms with van der Waals surface area (Å²) in [6, 6.07) is 16.2. The fraction of sp³-hybridized carbons (Fsp3) is 0.370. The van der Waals surface area contributed by atoms with Crippen molar-refractivity contribution in [2.24, 2.45) is 0 Å². The van der Waals surface area contributed by atoms with E-state index < -0.39 is 11.8 Å². The molecule has 1 aliphatic carbocycles. The van der Waals surface area contributed by atoms with Crippen LogP contribution >= 0.6 is 0 Å². The van der Waals surface area contributed by atoms with Gasteiger partial charge in [-0.2, -0.15) is 0 Å². The van der Waals surface area contributed by atoms with Crippen LogP contribution < -0.4 is 34.3 Å². The van der Waals surface area contributed by atoms with Gasteiger partial charge in [-0.15, -0.1) is 0 Å². The minimum atomic E-state index is -0.806. The molecule has 0 bridgehead atoms. The molecule has 4 rings (SSSR count). The van der Waals surface area contributed by atoms with E-state index in [4.69, 9.17) is 19.3 Å². The summed E-state index contributed by atoms with van der Waals surface area (Å²) in [5, 5.41) is 9.13. The topological polar surface area (TPSA) is 65.0 Å². The van der Waals surface area contributed by atoms with Crippen molar-refractivity contribution in [2.75, 3.05) is 13.2 Å². The molecule has 0 unspecified atom stereocenters. The number of carboxylic acids is 1. The first-order chi connectivity index (χ1) is 15.6. The number of carbonyl (C=O) groups is 1. The first-order valence-electron chi connectivity index (χ1n) is 11.2. The number of carboxylic acid groups (broad SMARTS) is 1. The fourth-order valence-electron chi connectivity index (χ4n) is 4.39. The third kappa shape index (κ3) is 6.81. The maximum atomic E-state index is 11.1. The molecule has 1 spiro atoms. The number of hydrogen-bond acceptors (Lipinski definition) is 4. The Morgan fingerprint density at radius 1 is 1.21 bits per heavy atom. The standard InChI is InChI=1S/C27H30O5.Na.H/c1-2-4-23(18-26(28)29)21-7-9-25(10-8-21)30-19-20-5-3-6-24(17-20)22-11-13-27(14-12-22)31-15-16-32-27;;/h2-11,17,23H,12-16,18-19H2,1H3,(H,28,29);;/q;+1;-1/t23-;;/m1../s1. The molecule has 1 aliphatic heterocycles. The molecule has 5 nitrogen and oxygen atoms in total. The van der Waals surface area contributed by atoms with Crippen LogP contribution in [0, 0.1) is 0 Å². The zero-order valence-corrected chi connectivity index (χ0v) is 21.5. The number of hydrogen-bond donors (Lipinski definition) is 1. The molecule has 0 radical (unpaired) electrons. The van der Waals surface area contributed by atoms with Crippen molar-refractivity contribution in [3.05, 3.63) is 83.4 Å². The summed E-state index contributed by atoms with van der Waals surface area (Å²) in [7, 11) is 0.